The van der Waals surface area contributed by atoms with Crippen LogP contribution in [0.5, 0.6) is 5.75 Å². The minimum absolute atomic E-state index is 0.0452. The topological polar surface area (TPSA) is 26.3 Å². The highest BCUT2D eigenvalue weighted by Crippen LogP contribution is 2.48. The van der Waals surface area contributed by atoms with E-state index >= 15 is 0 Å². The van der Waals surface area contributed by atoms with Crippen molar-refractivity contribution < 1.29 is 18.3 Å². The Labute approximate surface area is 164 Å². The molecule has 2 aromatic carbocycles. The van der Waals surface area contributed by atoms with E-state index in [9.17, 15) is 13.6 Å². The molecule has 4 heteroatoms. The number of ketones is 1. The van der Waals surface area contributed by atoms with Crippen molar-refractivity contribution in [3.8, 4) is 17.6 Å². The Balaban J connectivity index is 1.56. The van der Waals surface area contributed by atoms with Crippen LogP contribution >= 0.6 is 0 Å². The molecule has 2 unspecified atom stereocenters. The first-order chi connectivity index (χ1) is 13.4. The van der Waals surface area contributed by atoms with Gasteiger partial charge in [-0.25, -0.2) is 8.78 Å². The molecule has 0 radical (unpaired) electrons. The van der Waals surface area contributed by atoms with Crippen molar-refractivity contribution in [1.29, 1.82) is 0 Å². The lowest BCUT2D eigenvalue weighted by Gasteiger charge is -2.10. The minimum atomic E-state index is -2.55. The number of carbonyl (C=O) groups excluding carboxylic acids is 1. The average molecular weight is 382 g/mol. The van der Waals surface area contributed by atoms with Gasteiger partial charge in [-0.15, -0.1) is 0 Å². The number of alkyl halides is 2. The molecule has 3 rings (SSSR count). The molecule has 2 atom stereocenters. The van der Waals surface area contributed by atoms with Crippen LogP contribution in [0.4, 0.5) is 8.78 Å². The average Bonchev–Trinajstić information content (AvgIpc) is 3.32. The summed E-state index contributed by atoms with van der Waals surface area (Å²) in [6.07, 6.45) is 1.38. The van der Waals surface area contributed by atoms with Gasteiger partial charge in [-0.1, -0.05) is 37.8 Å². The maximum atomic E-state index is 12.9. The number of hydrogen-bond acceptors (Lipinski definition) is 2. The van der Waals surface area contributed by atoms with E-state index in [1.807, 2.05) is 50.2 Å². The van der Waals surface area contributed by atoms with Crippen molar-refractivity contribution >= 4 is 5.78 Å². The smallest absolute Gasteiger partial charge is 0.255 e. The molecule has 0 N–H and O–H groups in total. The van der Waals surface area contributed by atoms with Crippen molar-refractivity contribution in [3.63, 3.8) is 0 Å². The lowest BCUT2D eigenvalue weighted by molar-refractivity contribution is -0.120. The zero-order valence-electron chi connectivity index (χ0n) is 16.2. The first-order valence-corrected chi connectivity index (χ1v) is 9.64. The van der Waals surface area contributed by atoms with E-state index in [2.05, 4.69) is 11.8 Å². The van der Waals surface area contributed by atoms with Crippen LogP contribution in [-0.2, 0) is 4.79 Å². The number of halogens is 2. The van der Waals surface area contributed by atoms with Crippen molar-refractivity contribution in [2.45, 2.75) is 45.0 Å². The highest BCUT2D eigenvalue weighted by molar-refractivity contribution is 5.85. The maximum Gasteiger partial charge on any atom is 0.255 e. The summed E-state index contributed by atoms with van der Waals surface area (Å²) in [5.41, 5.74) is 2.70. The SMILES string of the molecule is CCCC(=O)C(C)c1ccc(C#Cc2ccc(OCC3CC3(F)F)cc2)cc1. The van der Waals surface area contributed by atoms with E-state index in [-0.39, 0.29) is 24.7 Å². The summed E-state index contributed by atoms with van der Waals surface area (Å²) in [4.78, 5) is 12.0. The lowest BCUT2D eigenvalue weighted by atomic mass is 9.93. The van der Waals surface area contributed by atoms with Crippen LogP contribution in [-0.4, -0.2) is 18.3 Å². The van der Waals surface area contributed by atoms with Crippen LogP contribution in [0.25, 0.3) is 0 Å². The van der Waals surface area contributed by atoms with Crippen molar-refractivity contribution in [3.05, 3.63) is 65.2 Å². The second-order valence-corrected chi connectivity index (χ2v) is 7.31. The first-order valence-electron chi connectivity index (χ1n) is 9.64. The van der Waals surface area contributed by atoms with E-state index < -0.39 is 11.8 Å². The van der Waals surface area contributed by atoms with Gasteiger partial charge in [-0.05, 0) is 48.4 Å². The molecule has 1 aliphatic carbocycles. The molecule has 0 amide bonds. The third-order valence-electron chi connectivity index (χ3n) is 5.00. The molecule has 1 fully saturated rings. The molecular weight excluding hydrogens is 358 g/mol. The summed E-state index contributed by atoms with van der Waals surface area (Å²) in [5, 5.41) is 0. The van der Waals surface area contributed by atoms with E-state index in [0.717, 1.165) is 23.1 Å². The monoisotopic (exact) mass is 382 g/mol. The molecule has 1 saturated carbocycles. The molecule has 0 heterocycles. The number of Topliss-reactive ketones (excluding diaryl/α,β-unsaturated/α-hetero) is 1. The minimum Gasteiger partial charge on any atom is -0.493 e. The van der Waals surface area contributed by atoms with E-state index in [1.165, 1.54) is 0 Å². The van der Waals surface area contributed by atoms with E-state index in [4.69, 9.17) is 4.74 Å². The summed E-state index contributed by atoms with van der Waals surface area (Å²) in [5.74, 6) is 3.70. The first kappa shape index (κ1) is 20.1. The molecule has 0 bridgehead atoms. The predicted molar refractivity (Wildman–Crippen MR) is 106 cm³/mol. The van der Waals surface area contributed by atoms with E-state index in [0.29, 0.717) is 12.2 Å². The Kier molecular flexibility index (Phi) is 6.14. The summed E-state index contributed by atoms with van der Waals surface area (Å²) in [6, 6.07) is 14.9. The zero-order chi connectivity index (χ0) is 20.1. The predicted octanol–water partition coefficient (Wildman–Crippen LogP) is 5.59. The van der Waals surface area contributed by atoms with Gasteiger partial charge in [0.1, 0.15) is 11.5 Å². The Bertz CT molecular complexity index is 874. The van der Waals surface area contributed by atoms with Crippen molar-refractivity contribution in [2.75, 3.05) is 6.61 Å². The summed E-state index contributed by atoms with van der Waals surface area (Å²) in [7, 11) is 0. The lowest BCUT2D eigenvalue weighted by Crippen LogP contribution is -2.08. The fourth-order valence-corrected chi connectivity index (χ4v) is 2.93. The number of benzene rings is 2. The molecule has 2 nitrogen and oxygen atoms in total. The van der Waals surface area contributed by atoms with Gasteiger partial charge in [0, 0.05) is 29.9 Å². The molecule has 0 aliphatic heterocycles. The third kappa shape index (κ3) is 5.19. The quantitative estimate of drug-likeness (QED) is 0.583. The highest BCUT2D eigenvalue weighted by Gasteiger charge is 2.57. The van der Waals surface area contributed by atoms with Crippen molar-refractivity contribution in [2.24, 2.45) is 5.92 Å². The van der Waals surface area contributed by atoms with Crippen LogP contribution in [0.3, 0.4) is 0 Å². The Hall–Kier alpha value is -2.67. The van der Waals surface area contributed by atoms with Gasteiger partial charge >= 0.3 is 0 Å². The second kappa shape index (κ2) is 8.56. The third-order valence-corrected chi connectivity index (χ3v) is 5.00. The Morgan fingerprint density at radius 3 is 2.14 bits per heavy atom. The number of ether oxygens (including phenoxy) is 1. The van der Waals surface area contributed by atoms with Crippen LogP contribution in [0, 0.1) is 17.8 Å². The van der Waals surface area contributed by atoms with Gasteiger partial charge < -0.3 is 4.74 Å². The number of rotatable bonds is 7. The maximum absolute atomic E-state index is 12.9. The van der Waals surface area contributed by atoms with Crippen molar-refractivity contribution in [1.82, 2.24) is 0 Å². The normalized spacial score (nSPS) is 17.9. The highest BCUT2D eigenvalue weighted by atomic mass is 19.3. The van der Waals surface area contributed by atoms with Crippen LogP contribution in [0.15, 0.2) is 48.5 Å². The molecule has 1 aliphatic rings. The molecule has 0 saturated heterocycles. The molecular formula is C24H24F2O2. The fraction of sp³-hybridized carbons (Fsp3) is 0.375. The largest absolute Gasteiger partial charge is 0.493 e. The standard InChI is InChI=1S/C24H24F2O2/c1-3-4-23(27)17(2)20-11-7-18(8-12-20)5-6-19-9-13-22(14-10-19)28-16-21-15-24(21,25)26/h7-14,17,21H,3-4,15-16H2,1-2H3. The molecule has 28 heavy (non-hydrogen) atoms. The second-order valence-electron chi connectivity index (χ2n) is 7.31. The summed E-state index contributed by atoms with van der Waals surface area (Å²) < 4.78 is 31.1. The van der Waals surface area contributed by atoms with Gasteiger partial charge in [0.2, 0.25) is 0 Å². The van der Waals surface area contributed by atoms with Crippen LogP contribution in [0.2, 0.25) is 0 Å². The molecule has 0 spiro atoms. The zero-order valence-corrected chi connectivity index (χ0v) is 16.2. The Morgan fingerprint density at radius 2 is 1.64 bits per heavy atom. The van der Waals surface area contributed by atoms with Gasteiger partial charge in [-0.3, -0.25) is 4.79 Å². The van der Waals surface area contributed by atoms with E-state index in [1.54, 1.807) is 12.1 Å². The van der Waals surface area contributed by atoms with Gasteiger partial charge in [0.25, 0.3) is 5.92 Å². The van der Waals surface area contributed by atoms with Crippen LogP contribution < -0.4 is 4.74 Å². The fourth-order valence-electron chi connectivity index (χ4n) is 2.93. The molecule has 0 aromatic heterocycles. The molecule has 2 aromatic rings. The summed E-state index contributed by atoms with van der Waals surface area (Å²) in [6.45, 7) is 3.99. The Morgan fingerprint density at radius 1 is 1.11 bits per heavy atom. The van der Waals surface area contributed by atoms with Gasteiger partial charge in [0.05, 0.1) is 12.5 Å². The molecule has 146 valence electrons. The number of carbonyl (C=O) groups is 1. The summed E-state index contributed by atoms with van der Waals surface area (Å²) >= 11 is 0. The number of hydrogen-bond donors (Lipinski definition) is 0. The van der Waals surface area contributed by atoms with Gasteiger partial charge in [0.15, 0.2) is 0 Å². The van der Waals surface area contributed by atoms with Crippen LogP contribution in [0.1, 0.15) is 55.7 Å². The van der Waals surface area contributed by atoms with Gasteiger partial charge in [-0.2, -0.15) is 0 Å².